The number of nitrogens with one attached hydrogen (secondary N) is 1. The molecule has 0 bridgehead atoms. The van der Waals surface area contributed by atoms with E-state index in [0.717, 1.165) is 36.4 Å². The Morgan fingerprint density at radius 1 is 1.50 bits per heavy atom. The average Bonchev–Trinajstić information content (AvgIpc) is 2.87. The number of methoxy groups -OCH3 is 1. The molecule has 0 radical (unpaired) electrons. The molecule has 2 aromatic rings. The summed E-state index contributed by atoms with van der Waals surface area (Å²) in [5, 5.41) is 2.92. The summed E-state index contributed by atoms with van der Waals surface area (Å²) in [7, 11) is 1.64. The number of ether oxygens (including phenoxy) is 1. The van der Waals surface area contributed by atoms with Gasteiger partial charge in [-0.1, -0.05) is 13.3 Å². The Morgan fingerprint density at radius 3 is 3.10 bits per heavy atom. The van der Waals surface area contributed by atoms with Gasteiger partial charge in [0.05, 0.1) is 12.8 Å². The molecule has 0 fully saturated rings. The van der Waals surface area contributed by atoms with Gasteiger partial charge in [0.1, 0.15) is 0 Å². The van der Waals surface area contributed by atoms with Crippen LogP contribution < -0.4 is 10.1 Å². The molecule has 2 aromatic heterocycles. The minimum Gasteiger partial charge on any atom is -0.493 e. The van der Waals surface area contributed by atoms with Crippen LogP contribution in [0.15, 0.2) is 24.5 Å². The molecule has 5 nitrogen and oxygen atoms in total. The van der Waals surface area contributed by atoms with E-state index >= 15 is 0 Å². The van der Waals surface area contributed by atoms with Gasteiger partial charge in [-0.3, -0.25) is 4.79 Å². The van der Waals surface area contributed by atoms with Crippen LogP contribution in [0.4, 0.5) is 0 Å². The molecule has 2 heterocycles. The third-order valence-electron chi connectivity index (χ3n) is 3.18. The number of hydrogen-bond donors (Lipinski definition) is 1. The number of unbranched alkanes of at least 4 members (excludes halogenated alkanes) is 1. The van der Waals surface area contributed by atoms with E-state index in [0.29, 0.717) is 13.0 Å². The number of pyridine rings is 1. The molecule has 0 aliphatic carbocycles. The molecular formula is C15H21N3O2. The number of carbonyl (C=O) groups excluding carboxylic acids is 1. The third kappa shape index (κ3) is 3.50. The summed E-state index contributed by atoms with van der Waals surface area (Å²) in [4.78, 5) is 16.0. The van der Waals surface area contributed by atoms with Gasteiger partial charge in [0.15, 0.2) is 11.4 Å². The molecule has 0 aliphatic heterocycles. The lowest BCUT2D eigenvalue weighted by Gasteiger charge is -2.02. The molecule has 1 amide bonds. The van der Waals surface area contributed by atoms with Crippen LogP contribution in [0, 0.1) is 0 Å². The highest BCUT2D eigenvalue weighted by Crippen LogP contribution is 2.18. The van der Waals surface area contributed by atoms with Crippen molar-refractivity contribution >= 4 is 11.6 Å². The number of carbonyl (C=O) groups is 1. The first kappa shape index (κ1) is 14.4. The van der Waals surface area contributed by atoms with Crippen molar-refractivity contribution in [3.05, 3.63) is 30.2 Å². The summed E-state index contributed by atoms with van der Waals surface area (Å²) >= 11 is 0. The zero-order chi connectivity index (χ0) is 14.4. The van der Waals surface area contributed by atoms with Crippen molar-refractivity contribution in [2.24, 2.45) is 0 Å². The molecule has 0 saturated heterocycles. The first-order chi connectivity index (χ1) is 9.74. The molecule has 0 atom stereocenters. The number of aromatic nitrogens is 2. The predicted molar refractivity (Wildman–Crippen MR) is 78.0 cm³/mol. The van der Waals surface area contributed by atoms with Crippen LogP contribution in [-0.4, -0.2) is 28.9 Å². The number of nitrogens with zero attached hydrogens (tertiary/aromatic N) is 2. The van der Waals surface area contributed by atoms with Gasteiger partial charge in [-0.25, -0.2) is 4.98 Å². The molecule has 0 unspecified atom stereocenters. The zero-order valence-electron chi connectivity index (χ0n) is 12.1. The van der Waals surface area contributed by atoms with E-state index in [2.05, 4.69) is 17.2 Å². The van der Waals surface area contributed by atoms with Crippen LogP contribution in [-0.2, 0) is 11.2 Å². The fourth-order valence-corrected chi connectivity index (χ4v) is 2.07. The number of rotatable bonds is 7. The Labute approximate surface area is 119 Å². The van der Waals surface area contributed by atoms with Gasteiger partial charge >= 0.3 is 0 Å². The lowest BCUT2D eigenvalue weighted by molar-refractivity contribution is -0.121. The highest BCUT2D eigenvalue weighted by Gasteiger charge is 2.07. The molecule has 108 valence electrons. The zero-order valence-corrected chi connectivity index (χ0v) is 12.1. The average molecular weight is 275 g/mol. The fraction of sp³-hybridized carbons (Fsp3) is 0.467. The van der Waals surface area contributed by atoms with Gasteiger partial charge in [0.2, 0.25) is 5.91 Å². The number of fused-ring (bicyclic) bond motifs is 1. The van der Waals surface area contributed by atoms with Crippen LogP contribution >= 0.6 is 0 Å². The van der Waals surface area contributed by atoms with Crippen molar-refractivity contribution in [2.75, 3.05) is 13.7 Å². The first-order valence-electron chi connectivity index (χ1n) is 7.02. The lowest BCUT2D eigenvalue weighted by Crippen LogP contribution is -2.25. The van der Waals surface area contributed by atoms with E-state index in [4.69, 9.17) is 4.74 Å². The van der Waals surface area contributed by atoms with E-state index < -0.39 is 0 Å². The van der Waals surface area contributed by atoms with E-state index in [1.165, 1.54) is 0 Å². The topological polar surface area (TPSA) is 55.6 Å². The Hall–Kier alpha value is -2.04. The van der Waals surface area contributed by atoms with Crippen LogP contribution in [0.5, 0.6) is 5.75 Å². The number of hydrogen-bond acceptors (Lipinski definition) is 3. The van der Waals surface area contributed by atoms with Gasteiger partial charge in [0, 0.05) is 31.8 Å². The lowest BCUT2D eigenvalue weighted by atomic mass is 10.2. The number of amides is 1. The maximum atomic E-state index is 11.5. The fourth-order valence-electron chi connectivity index (χ4n) is 2.07. The maximum absolute atomic E-state index is 11.5. The minimum atomic E-state index is 0.119. The molecule has 5 heteroatoms. The van der Waals surface area contributed by atoms with Crippen molar-refractivity contribution in [1.29, 1.82) is 0 Å². The Morgan fingerprint density at radius 2 is 2.35 bits per heavy atom. The van der Waals surface area contributed by atoms with Gasteiger partial charge in [-0.2, -0.15) is 0 Å². The van der Waals surface area contributed by atoms with Gasteiger partial charge in [-0.15, -0.1) is 0 Å². The standard InChI is InChI=1S/C15H21N3O2/c1-3-4-7-14(19)16-9-8-12-11-18-10-5-6-13(20-2)15(18)17-12/h5-6,10-11H,3-4,7-9H2,1-2H3,(H,16,19). The SMILES string of the molecule is CCCCC(=O)NCCc1cn2cccc(OC)c2n1. The van der Waals surface area contributed by atoms with Crippen LogP contribution in [0.25, 0.3) is 5.65 Å². The van der Waals surface area contributed by atoms with Gasteiger partial charge < -0.3 is 14.5 Å². The third-order valence-corrected chi connectivity index (χ3v) is 3.18. The summed E-state index contributed by atoms with van der Waals surface area (Å²) < 4.78 is 7.21. The second kappa shape index (κ2) is 6.93. The van der Waals surface area contributed by atoms with Crippen molar-refractivity contribution < 1.29 is 9.53 Å². The molecule has 1 N–H and O–H groups in total. The molecule has 2 rings (SSSR count). The van der Waals surface area contributed by atoms with Crippen LogP contribution in [0.2, 0.25) is 0 Å². The molecule has 0 spiro atoms. The summed E-state index contributed by atoms with van der Waals surface area (Å²) in [6.45, 7) is 2.70. The monoisotopic (exact) mass is 275 g/mol. The van der Waals surface area contributed by atoms with E-state index in [1.54, 1.807) is 7.11 Å². The van der Waals surface area contributed by atoms with E-state index in [-0.39, 0.29) is 5.91 Å². The van der Waals surface area contributed by atoms with Crippen molar-refractivity contribution in [2.45, 2.75) is 32.6 Å². The largest absolute Gasteiger partial charge is 0.493 e. The summed E-state index contributed by atoms with van der Waals surface area (Å²) in [6.07, 6.45) is 7.22. The smallest absolute Gasteiger partial charge is 0.220 e. The number of imidazole rings is 1. The Bertz CT molecular complexity index is 578. The molecule has 0 saturated carbocycles. The molecule has 20 heavy (non-hydrogen) atoms. The highest BCUT2D eigenvalue weighted by atomic mass is 16.5. The first-order valence-corrected chi connectivity index (χ1v) is 7.02. The second-order valence-corrected chi connectivity index (χ2v) is 4.74. The normalized spacial score (nSPS) is 10.7. The minimum absolute atomic E-state index is 0.119. The van der Waals surface area contributed by atoms with Crippen molar-refractivity contribution in [3.63, 3.8) is 0 Å². The van der Waals surface area contributed by atoms with E-state index in [9.17, 15) is 4.79 Å². The van der Waals surface area contributed by atoms with Crippen LogP contribution in [0.1, 0.15) is 31.9 Å². The second-order valence-electron chi connectivity index (χ2n) is 4.74. The van der Waals surface area contributed by atoms with Gasteiger partial charge in [-0.05, 0) is 18.6 Å². The summed E-state index contributed by atoms with van der Waals surface area (Å²) in [6, 6.07) is 3.81. The molecule has 0 aromatic carbocycles. The molecular weight excluding hydrogens is 254 g/mol. The predicted octanol–water partition coefficient (Wildman–Crippen LogP) is 2.19. The molecule has 0 aliphatic rings. The summed E-state index contributed by atoms with van der Waals surface area (Å²) in [5.41, 5.74) is 1.76. The quantitative estimate of drug-likeness (QED) is 0.842. The highest BCUT2D eigenvalue weighted by molar-refractivity contribution is 5.75. The summed E-state index contributed by atoms with van der Waals surface area (Å²) in [5.74, 6) is 0.874. The maximum Gasteiger partial charge on any atom is 0.220 e. The van der Waals surface area contributed by atoms with Crippen molar-refractivity contribution in [1.82, 2.24) is 14.7 Å². The van der Waals surface area contributed by atoms with Crippen LogP contribution in [0.3, 0.4) is 0 Å². The Kier molecular flexibility index (Phi) is 4.98. The Balaban J connectivity index is 1.92. The van der Waals surface area contributed by atoms with Crippen molar-refractivity contribution in [3.8, 4) is 5.75 Å². The van der Waals surface area contributed by atoms with E-state index in [1.807, 2.05) is 28.9 Å². The van der Waals surface area contributed by atoms with Gasteiger partial charge in [0.25, 0.3) is 0 Å².